The number of aromatic nitrogens is 2. The number of hydrogen-bond acceptors (Lipinski definition) is 2. The van der Waals surface area contributed by atoms with Crippen LogP contribution in [-0.4, -0.2) is 15.5 Å². The Kier molecular flexibility index (Phi) is 2.48. The van der Waals surface area contributed by atoms with Gasteiger partial charge in [0, 0.05) is 41.6 Å². The number of carbonyl (C=O) groups is 1. The van der Waals surface area contributed by atoms with E-state index in [2.05, 4.69) is 21.7 Å². The van der Waals surface area contributed by atoms with Gasteiger partial charge in [-0.15, -0.1) is 0 Å². The third-order valence-corrected chi connectivity index (χ3v) is 3.16. The molecule has 0 aliphatic carbocycles. The summed E-state index contributed by atoms with van der Waals surface area (Å²) in [6.07, 6.45) is 3.97. The van der Waals surface area contributed by atoms with Gasteiger partial charge in [-0.3, -0.25) is 9.78 Å². The number of aryl methyl sites for hydroxylation is 1. The second kappa shape index (κ2) is 4.14. The zero-order valence-electron chi connectivity index (χ0n) is 9.84. The minimum absolute atomic E-state index is 0.282. The highest BCUT2D eigenvalue weighted by Crippen LogP contribution is 2.27. The van der Waals surface area contributed by atoms with Crippen LogP contribution in [-0.2, 0) is 11.3 Å². The Morgan fingerprint density at radius 1 is 1.17 bits per heavy atom. The Hall–Kier alpha value is -2.36. The Labute approximate surface area is 104 Å². The number of hydrogen-bond donors (Lipinski definition) is 1. The van der Waals surface area contributed by atoms with Gasteiger partial charge >= 0.3 is 0 Å². The first-order valence-corrected chi connectivity index (χ1v) is 5.86. The van der Waals surface area contributed by atoms with Crippen LogP contribution in [0.3, 0.4) is 0 Å². The number of para-hydroxylation sites is 1. The van der Waals surface area contributed by atoms with E-state index in [-0.39, 0.29) is 5.91 Å². The standard InChI is InChI=1S/C14H13N3O/c15-14(18)6-8-17-12-4-2-1-3-10(12)11-9-16-7-5-13(11)17/h1-5,7,9H,6,8H2,(H2,15,18). The molecule has 0 bridgehead atoms. The van der Waals surface area contributed by atoms with Crippen LogP contribution in [0.5, 0.6) is 0 Å². The number of pyridine rings is 1. The van der Waals surface area contributed by atoms with Crippen molar-refractivity contribution >= 4 is 27.7 Å². The summed E-state index contributed by atoms with van der Waals surface area (Å²) in [5.74, 6) is -0.282. The summed E-state index contributed by atoms with van der Waals surface area (Å²) >= 11 is 0. The molecule has 90 valence electrons. The van der Waals surface area contributed by atoms with Crippen molar-refractivity contribution in [2.75, 3.05) is 0 Å². The molecule has 4 nitrogen and oxygen atoms in total. The van der Waals surface area contributed by atoms with E-state index in [1.165, 1.54) is 0 Å². The number of rotatable bonds is 3. The third-order valence-electron chi connectivity index (χ3n) is 3.16. The van der Waals surface area contributed by atoms with Crippen molar-refractivity contribution in [2.24, 2.45) is 5.73 Å². The van der Waals surface area contributed by atoms with Crippen LogP contribution >= 0.6 is 0 Å². The van der Waals surface area contributed by atoms with Gasteiger partial charge in [0.05, 0.1) is 5.52 Å². The summed E-state index contributed by atoms with van der Waals surface area (Å²) in [6.45, 7) is 0.601. The first-order chi connectivity index (χ1) is 8.77. The lowest BCUT2D eigenvalue weighted by Gasteiger charge is -2.05. The highest BCUT2D eigenvalue weighted by atomic mass is 16.1. The molecule has 1 amide bonds. The van der Waals surface area contributed by atoms with Crippen LogP contribution in [0.2, 0.25) is 0 Å². The smallest absolute Gasteiger partial charge is 0.219 e. The van der Waals surface area contributed by atoms with Crippen LogP contribution in [0.4, 0.5) is 0 Å². The van der Waals surface area contributed by atoms with Gasteiger partial charge in [-0.1, -0.05) is 18.2 Å². The Morgan fingerprint density at radius 3 is 2.78 bits per heavy atom. The summed E-state index contributed by atoms with van der Waals surface area (Å²) in [5.41, 5.74) is 7.44. The second-order valence-electron chi connectivity index (χ2n) is 4.28. The Balaban J connectivity index is 2.27. The number of amides is 1. The molecule has 0 atom stereocenters. The predicted molar refractivity (Wildman–Crippen MR) is 71.1 cm³/mol. The van der Waals surface area contributed by atoms with Gasteiger partial charge in [0.2, 0.25) is 5.91 Å². The van der Waals surface area contributed by atoms with Gasteiger partial charge < -0.3 is 10.3 Å². The zero-order valence-corrected chi connectivity index (χ0v) is 9.84. The van der Waals surface area contributed by atoms with E-state index in [1.54, 1.807) is 6.20 Å². The highest BCUT2D eigenvalue weighted by Gasteiger charge is 2.10. The molecular formula is C14H13N3O. The monoisotopic (exact) mass is 239 g/mol. The first kappa shape index (κ1) is 10.8. The first-order valence-electron chi connectivity index (χ1n) is 5.86. The molecule has 0 aliphatic rings. The molecular weight excluding hydrogens is 226 g/mol. The van der Waals surface area contributed by atoms with E-state index in [9.17, 15) is 4.79 Å². The van der Waals surface area contributed by atoms with Crippen LogP contribution in [0, 0.1) is 0 Å². The predicted octanol–water partition coefficient (Wildman–Crippen LogP) is 2.06. The summed E-state index contributed by atoms with van der Waals surface area (Å²) in [5, 5.41) is 2.27. The van der Waals surface area contributed by atoms with Crippen LogP contribution in [0.15, 0.2) is 42.7 Å². The fourth-order valence-corrected chi connectivity index (χ4v) is 2.36. The summed E-state index contributed by atoms with van der Waals surface area (Å²) in [7, 11) is 0. The molecule has 0 saturated heterocycles. The number of nitrogens with two attached hydrogens (primary N) is 1. The van der Waals surface area contributed by atoms with E-state index in [4.69, 9.17) is 5.73 Å². The average Bonchev–Trinajstić information content (AvgIpc) is 2.71. The number of nitrogens with zero attached hydrogens (tertiary/aromatic N) is 2. The minimum atomic E-state index is -0.282. The molecule has 18 heavy (non-hydrogen) atoms. The number of fused-ring (bicyclic) bond motifs is 3. The quantitative estimate of drug-likeness (QED) is 0.760. The lowest BCUT2D eigenvalue weighted by Crippen LogP contribution is -2.13. The topological polar surface area (TPSA) is 60.9 Å². The summed E-state index contributed by atoms with van der Waals surface area (Å²) in [4.78, 5) is 15.1. The largest absolute Gasteiger partial charge is 0.370 e. The molecule has 1 aromatic carbocycles. The normalized spacial score (nSPS) is 11.1. The average molecular weight is 239 g/mol. The van der Waals surface area contributed by atoms with Crippen molar-refractivity contribution in [1.29, 1.82) is 0 Å². The van der Waals surface area contributed by atoms with Crippen molar-refractivity contribution in [3.63, 3.8) is 0 Å². The van der Waals surface area contributed by atoms with Gasteiger partial charge in [-0.05, 0) is 12.1 Å². The molecule has 0 unspecified atom stereocenters. The van der Waals surface area contributed by atoms with E-state index in [0.717, 1.165) is 21.8 Å². The molecule has 0 saturated carbocycles. The second-order valence-corrected chi connectivity index (χ2v) is 4.28. The van der Waals surface area contributed by atoms with Crippen LogP contribution in [0.1, 0.15) is 6.42 Å². The molecule has 4 heteroatoms. The van der Waals surface area contributed by atoms with Crippen LogP contribution < -0.4 is 5.73 Å². The molecule has 0 radical (unpaired) electrons. The highest BCUT2D eigenvalue weighted by molar-refractivity contribution is 6.07. The van der Waals surface area contributed by atoms with Crippen LogP contribution in [0.25, 0.3) is 21.8 Å². The minimum Gasteiger partial charge on any atom is -0.370 e. The SMILES string of the molecule is NC(=O)CCn1c2ccccc2c2cnccc21. The number of benzene rings is 1. The lowest BCUT2D eigenvalue weighted by molar-refractivity contribution is -0.118. The van der Waals surface area contributed by atoms with Gasteiger partial charge in [-0.2, -0.15) is 0 Å². The van der Waals surface area contributed by atoms with Crippen molar-refractivity contribution in [3.8, 4) is 0 Å². The zero-order chi connectivity index (χ0) is 12.5. The maximum Gasteiger partial charge on any atom is 0.219 e. The van der Waals surface area contributed by atoms with Crippen molar-refractivity contribution in [3.05, 3.63) is 42.7 Å². The number of carbonyl (C=O) groups excluding carboxylic acids is 1. The molecule has 2 N–H and O–H groups in total. The van der Waals surface area contributed by atoms with E-state index < -0.39 is 0 Å². The van der Waals surface area contributed by atoms with Crippen molar-refractivity contribution in [1.82, 2.24) is 9.55 Å². The fourth-order valence-electron chi connectivity index (χ4n) is 2.36. The summed E-state index contributed by atoms with van der Waals surface area (Å²) in [6, 6.07) is 10.1. The van der Waals surface area contributed by atoms with Gasteiger partial charge in [0.15, 0.2) is 0 Å². The third kappa shape index (κ3) is 1.62. The molecule has 0 spiro atoms. The maximum absolute atomic E-state index is 11.0. The maximum atomic E-state index is 11.0. The van der Waals surface area contributed by atoms with Crippen molar-refractivity contribution < 1.29 is 4.79 Å². The molecule has 2 heterocycles. The summed E-state index contributed by atoms with van der Waals surface area (Å²) < 4.78 is 2.12. The van der Waals surface area contributed by atoms with Gasteiger partial charge in [0.1, 0.15) is 0 Å². The van der Waals surface area contributed by atoms with Gasteiger partial charge in [0.25, 0.3) is 0 Å². The molecule has 0 fully saturated rings. The molecule has 3 aromatic rings. The van der Waals surface area contributed by atoms with Crippen molar-refractivity contribution in [2.45, 2.75) is 13.0 Å². The molecule has 0 aliphatic heterocycles. The number of primary amides is 1. The lowest BCUT2D eigenvalue weighted by atomic mass is 10.2. The van der Waals surface area contributed by atoms with Gasteiger partial charge in [-0.25, -0.2) is 0 Å². The molecule has 3 rings (SSSR count). The Bertz CT molecular complexity index is 677. The molecule has 2 aromatic heterocycles. The van der Waals surface area contributed by atoms with E-state index in [0.29, 0.717) is 13.0 Å². The Morgan fingerprint density at radius 2 is 1.94 bits per heavy atom. The van der Waals surface area contributed by atoms with E-state index in [1.807, 2.05) is 24.4 Å². The van der Waals surface area contributed by atoms with E-state index >= 15 is 0 Å². The fraction of sp³-hybridized carbons (Fsp3) is 0.143.